The molecule has 0 fully saturated rings. The van der Waals surface area contributed by atoms with E-state index in [1.807, 2.05) is 0 Å². The Kier molecular flexibility index (Phi) is 7.51. The van der Waals surface area contributed by atoms with Gasteiger partial charge in [-0.05, 0) is 88.0 Å². The monoisotopic (exact) mass is 608 g/mol. The van der Waals surface area contributed by atoms with E-state index in [-0.39, 0.29) is 11.8 Å². The molecule has 0 bridgehead atoms. The Hall–Kier alpha value is -1.10. The fourth-order valence-electron chi connectivity index (χ4n) is 1.97. The number of rotatable bonds is 4. The van der Waals surface area contributed by atoms with E-state index in [1.54, 1.807) is 24.3 Å². The second-order valence-electron chi connectivity index (χ2n) is 5.14. The van der Waals surface area contributed by atoms with Crippen molar-refractivity contribution >= 4 is 98.3 Å². The van der Waals surface area contributed by atoms with Crippen LogP contribution in [0.15, 0.2) is 52.4 Å². The summed E-state index contributed by atoms with van der Waals surface area (Å²) in [5.74, 6) is -0.324. The molecule has 0 saturated heterocycles. The van der Waals surface area contributed by atoms with Gasteiger partial charge in [0.2, 0.25) is 11.8 Å². The number of azo groups is 1. The highest BCUT2D eigenvalue weighted by Gasteiger charge is 2.11. The second-order valence-corrected chi connectivity index (χ2v) is 8.56. The third-order valence-corrected chi connectivity index (χ3v) is 5.34. The zero-order valence-corrected chi connectivity index (χ0v) is 19.9. The van der Waals surface area contributed by atoms with Crippen LogP contribution in [0.4, 0.5) is 22.7 Å². The first-order valence-electron chi connectivity index (χ1n) is 7.12. The average Bonchev–Trinajstić information content (AvgIpc) is 2.47. The largest absolute Gasteiger partial charge is 0.326 e. The molecule has 0 aliphatic carbocycles. The first-order chi connectivity index (χ1) is 12.2. The smallest absolute Gasteiger partial charge is 0.221 e. The molecule has 2 aromatic carbocycles. The topological polar surface area (TPSA) is 82.9 Å². The molecular weight excluding hydrogens is 600 g/mol. The van der Waals surface area contributed by atoms with Crippen molar-refractivity contribution in [1.82, 2.24) is 0 Å². The van der Waals surface area contributed by atoms with Crippen molar-refractivity contribution in [3.8, 4) is 0 Å². The van der Waals surface area contributed by atoms with Crippen molar-refractivity contribution in [2.75, 3.05) is 10.6 Å². The Morgan fingerprint density at radius 1 is 0.692 bits per heavy atom. The van der Waals surface area contributed by atoms with Gasteiger partial charge in [-0.2, -0.15) is 0 Å². The number of benzene rings is 2. The van der Waals surface area contributed by atoms with Crippen LogP contribution in [0.25, 0.3) is 0 Å². The van der Waals surface area contributed by atoms with Crippen LogP contribution >= 0.6 is 63.7 Å². The summed E-state index contributed by atoms with van der Waals surface area (Å²) in [5.41, 5.74) is 2.42. The molecule has 2 amide bonds. The van der Waals surface area contributed by atoms with Crippen molar-refractivity contribution in [3.05, 3.63) is 42.2 Å². The van der Waals surface area contributed by atoms with E-state index >= 15 is 0 Å². The molecule has 0 saturated carbocycles. The summed E-state index contributed by atoms with van der Waals surface area (Å²) in [6.45, 7) is 2.88. The van der Waals surface area contributed by atoms with Gasteiger partial charge in [0.1, 0.15) is 11.4 Å². The Bertz CT molecular complexity index is 796. The molecule has 2 aromatic rings. The van der Waals surface area contributed by atoms with Crippen LogP contribution in [-0.2, 0) is 9.59 Å². The Balaban J connectivity index is 2.35. The van der Waals surface area contributed by atoms with E-state index < -0.39 is 0 Å². The van der Waals surface area contributed by atoms with Gasteiger partial charge in [0.05, 0.1) is 0 Å². The first kappa shape index (κ1) is 21.2. The fraction of sp³-hybridized carbons (Fsp3) is 0.125. The number of amides is 2. The third kappa shape index (κ3) is 5.70. The maximum atomic E-state index is 11.2. The van der Waals surface area contributed by atoms with Crippen LogP contribution in [0.5, 0.6) is 0 Å². The normalized spacial score (nSPS) is 10.8. The molecule has 0 radical (unpaired) electrons. The molecule has 0 aromatic heterocycles. The van der Waals surface area contributed by atoms with Gasteiger partial charge < -0.3 is 10.6 Å². The van der Waals surface area contributed by atoms with Crippen molar-refractivity contribution < 1.29 is 9.59 Å². The van der Waals surface area contributed by atoms with Crippen molar-refractivity contribution in [3.63, 3.8) is 0 Å². The summed E-state index contributed by atoms with van der Waals surface area (Å²) in [6, 6.07) is 6.96. The maximum absolute atomic E-state index is 11.2. The van der Waals surface area contributed by atoms with Crippen molar-refractivity contribution in [2.45, 2.75) is 13.8 Å². The van der Waals surface area contributed by atoms with Crippen LogP contribution in [0.2, 0.25) is 0 Å². The van der Waals surface area contributed by atoms with E-state index in [0.717, 1.165) is 0 Å². The summed E-state index contributed by atoms with van der Waals surface area (Å²) in [7, 11) is 0. The number of anilines is 2. The quantitative estimate of drug-likeness (QED) is 0.363. The lowest BCUT2D eigenvalue weighted by Gasteiger charge is -2.08. The van der Waals surface area contributed by atoms with Gasteiger partial charge in [0, 0.05) is 43.1 Å². The molecule has 2 N–H and O–H groups in total. The molecular formula is C16H12Br4N4O2. The highest BCUT2D eigenvalue weighted by atomic mass is 79.9. The Morgan fingerprint density at radius 2 is 0.962 bits per heavy atom. The average molecular weight is 612 g/mol. The number of hydrogen-bond donors (Lipinski definition) is 2. The lowest BCUT2D eigenvalue weighted by molar-refractivity contribution is -0.115. The van der Waals surface area contributed by atoms with E-state index in [0.29, 0.717) is 40.6 Å². The number of carbonyl (C=O) groups excluding carboxylic acids is 2. The van der Waals surface area contributed by atoms with E-state index in [2.05, 4.69) is 84.6 Å². The number of nitrogens with zero attached hydrogens (tertiary/aromatic N) is 2. The van der Waals surface area contributed by atoms with Gasteiger partial charge in [0.15, 0.2) is 0 Å². The predicted molar refractivity (Wildman–Crippen MR) is 116 cm³/mol. The molecule has 26 heavy (non-hydrogen) atoms. The molecule has 0 aliphatic rings. The van der Waals surface area contributed by atoms with Gasteiger partial charge in [-0.1, -0.05) is 0 Å². The summed E-state index contributed by atoms with van der Waals surface area (Å²) in [5, 5.41) is 14.0. The highest BCUT2D eigenvalue weighted by Crippen LogP contribution is 2.41. The van der Waals surface area contributed by atoms with Crippen LogP contribution in [0, 0.1) is 0 Å². The fourth-order valence-corrected chi connectivity index (χ4v) is 4.66. The van der Waals surface area contributed by atoms with E-state index in [9.17, 15) is 9.59 Å². The Labute approximate surface area is 183 Å². The summed E-state index contributed by atoms with van der Waals surface area (Å²) >= 11 is 13.7. The summed E-state index contributed by atoms with van der Waals surface area (Å²) < 4.78 is 2.67. The standard InChI is InChI=1S/C16H12Br4N4O2/c1-7(25)21-9-3-11(17)15(12(18)4-9)23-24-16-13(19)5-10(6-14(16)20)22-8(2)26/h3-6H,1-2H3,(H,21,25)(H,22,26). The van der Waals surface area contributed by atoms with E-state index in [1.165, 1.54) is 13.8 Å². The zero-order chi connectivity index (χ0) is 19.4. The highest BCUT2D eigenvalue weighted by molar-refractivity contribution is 9.11. The molecule has 136 valence electrons. The molecule has 10 heteroatoms. The molecule has 0 spiro atoms. The minimum Gasteiger partial charge on any atom is -0.326 e. The van der Waals surface area contributed by atoms with Crippen molar-refractivity contribution in [1.29, 1.82) is 0 Å². The number of carbonyl (C=O) groups is 2. The molecule has 2 rings (SSSR count). The molecule has 0 heterocycles. The van der Waals surface area contributed by atoms with Crippen LogP contribution in [0.1, 0.15) is 13.8 Å². The van der Waals surface area contributed by atoms with Gasteiger partial charge in [-0.15, -0.1) is 10.2 Å². The second kappa shape index (κ2) is 9.20. The molecule has 0 unspecified atom stereocenters. The Morgan fingerprint density at radius 3 is 1.19 bits per heavy atom. The number of hydrogen-bond acceptors (Lipinski definition) is 4. The van der Waals surface area contributed by atoms with Crippen LogP contribution in [-0.4, -0.2) is 11.8 Å². The third-order valence-electron chi connectivity index (χ3n) is 2.92. The summed E-state index contributed by atoms with van der Waals surface area (Å²) in [4.78, 5) is 22.4. The minimum atomic E-state index is -0.162. The summed E-state index contributed by atoms with van der Waals surface area (Å²) in [6.07, 6.45) is 0. The van der Waals surface area contributed by atoms with Gasteiger partial charge in [0.25, 0.3) is 0 Å². The molecule has 0 aliphatic heterocycles. The lowest BCUT2D eigenvalue weighted by atomic mass is 10.3. The predicted octanol–water partition coefficient (Wildman–Crippen LogP) is 7.07. The number of halogens is 4. The van der Waals surface area contributed by atoms with Crippen LogP contribution in [0.3, 0.4) is 0 Å². The molecule has 0 atom stereocenters. The molecule has 6 nitrogen and oxygen atoms in total. The maximum Gasteiger partial charge on any atom is 0.221 e. The number of nitrogens with one attached hydrogen (secondary N) is 2. The first-order valence-corrected chi connectivity index (χ1v) is 10.3. The van der Waals surface area contributed by atoms with Gasteiger partial charge in [-0.3, -0.25) is 9.59 Å². The van der Waals surface area contributed by atoms with Crippen LogP contribution < -0.4 is 10.6 Å². The minimum absolute atomic E-state index is 0.162. The van der Waals surface area contributed by atoms with E-state index in [4.69, 9.17) is 0 Å². The van der Waals surface area contributed by atoms with Crippen molar-refractivity contribution in [2.24, 2.45) is 10.2 Å². The SMILES string of the molecule is CC(=O)Nc1cc(Br)c(N=Nc2c(Br)cc(NC(C)=O)cc2Br)c(Br)c1. The van der Waals surface area contributed by atoms with Gasteiger partial charge >= 0.3 is 0 Å². The lowest BCUT2D eigenvalue weighted by Crippen LogP contribution is -2.05. The van der Waals surface area contributed by atoms with Gasteiger partial charge in [-0.25, -0.2) is 0 Å². The zero-order valence-electron chi connectivity index (χ0n) is 13.5.